The normalized spacial score (nSPS) is 12.6. The van der Waals surface area contributed by atoms with E-state index in [1.54, 1.807) is 24.6 Å². The maximum absolute atomic E-state index is 5.29. The average molecular weight is 420 g/mol. The number of halogens is 1. The van der Waals surface area contributed by atoms with Crippen LogP contribution in [0.15, 0.2) is 39.4 Å². The molecule has 0 aliphatic heterocycles. The summed E-state index contributed by atoms with van der Waals surface area (Å²) in [5.74, 6) is 2.16. The smallest absolute Gasteiger partial charge is 0.191 e. The molecule has 0 radical (unpaired) electrons. The lowest BCUT2D eigenvalue weighted by Gasteiger charge is -2.14. The van der Waals surface area contributed by atoms with Crippen LogP contribution in [0.3, 0.4) is 0 Å². The first-order chi connectivity index (χ1) is 9.79. The van der Waals surface area contributed by atoms with Gasteiger partial charge < -0.3 is 15.1 Å². The number of furan rings is 1. The fourth-order valence-electron chi connectivity index (χ4n) is 1.79. The molecular weight excluding hydrogens is 399 g/mol. The lowest BCUT2D eigenvalue weighted by Crippen LogP contribution is -2.39. The summed E-state index contributed by atoms with van der Waals surface area (Å²) < 4.78 is 5.29. The lowest BCUT2D eigenvalue weighted by atomic mass is 10.2. The Morgan fingerprint density at radius 3 is 2.95 bits per heavy atom. The highest BCUT2D eigenvalue weighted by molar-refractivity contribution is 14.0. The van der Waals surface area contributed by atoms with E-state index in [4.69, 9.17) is 4.42 Å². The minimum absolute atomic E-state index is 0. The first-order valence-electron chi connectivity index (χ1n) is 6.66. The summed E-state index contributed by atoms with van der Waals surface area (Å²) in [5.41, 5.74) is 0. The van der Waals surface area contributed by atoms with E-state index in [0.717, 1.165) is 36.2 Å². The van der Waals surface area contributed by atoms with Gasteiger partial charge in [0, 0.05) is 44.1 Å². The highest BCUT2D eigenvalue weighted by Crippen LogP contribution is 2.16. The fraction of sp³-hybridized carbons (Fsp3) is 0.429. The minimum Gasteiger partial charge on any atom is -0.469 e. The Labute approximate surface area is 146 Å². The van der Waals surface area contributed by atoms with Crippen molar-refractivity contribution in [2.24, 2.45) is 4.99 Å². The Hall–Kier alpha value is -1.09. The molecule has 21 heavy (non-hydrogen) atoms. The third-order valence-corrected chi connectivity index (χ3v) is 3.92. The number of hydrogen-bond acceptors (Lipinski definition) is 4. The van der Waals surface area contributed by atoms with Crippen LogP contribution in [0.1, 0.15) is 23.6 Å². The zero-order valence-electron chi connectivity index (χ0n) is 12.2. The largest absolute Gasteiger partial charge is 0.469 e. The monoisotopic (exact) mass is 420 g/mol. The minimum atomic E-state index is 0. The van der Waals surface area contributed by atoms with E-state index in [1.807, 2.05) is 23.7 Å². The molecule has 1 unspecified atom stereocenters. The second-order valence-electron chi connectivity index (χ2n) is 4.48. The van der Waals surface area contributed by atoms with E-state index in [2.05, 4.69) is 27.5 Å². The van der Waals surface area contributed by atoms with Crippen molar-refractivity contribution in [2.75, 3.05) is 20.1 Å². The van der Waals surface area contributed by atoms with E-state index < -0.39 is 0 Å². The van der Waals surface area contributed by atoms with Gasteiger partial charge in [-0.25, -0.2) is 4.98 Å². The summed E-state index contributed by atoms with van der Waals surface area (Å²) >= 11 is 1.68. The van der Waals surface area contributed by atoms with Crippen molar-refractivity contribution in [3.63, 3.8) is 0 Å². The van der Waals surface area contributed by atoms with Gasteiger partial charge in [0.25, 0.3) is 0 Å². The van der Waals surface area contributed by atoms with Crippen LogP contribution >= 0.6 is 35.3 Å². The molecule has 0 aromatic carbocycles. The van der Waals surface area contributed by atoms with Crippen LogP contribution in [0.25, 0.3) is 0 Å². The van der Waals surface area contributed by atoms with Crippen LogP contribution in [0.4, 0.5) is 0 Å². The van der Waals surface area contributed by atoms with Gasteiger partial charge in [-0.05, 0) is 12.1 Å². The summed E-state index contributed by atoms with van der Waals surface area (Å²) in [6, 6.07) is 3.88. The molecule has 0 saturated heterocycles. The standard InChI is InChI=1S/C14H20N4OS.HI/c1-11(13-16-7-9-20-13)10-18-14(15-2)17-6-5-12-4-3-8-19-12;/h3-4,7-9,11H,5-6,10H2,1-2H3,(H2,15,17,18);1H. The maximum atomic E-state index is 5.29. The molecule has 0 bridgehead atoms. The second-order valence-corrected chi connectivity index (χ2v) is 5.41. The predicted molar refractivity (Wildman–Crippen MR) is 97.7 cm³/mol. The summed E-state index contributed by atoms with van der Waals surface area (Å²) in [4.78, 5) is 8.53. The second kappa shape index (κ2) is 9.78. The number of rotatable bonds is 6. The third kappa shape index (κ3) is 6.04. The van der Waals surface area contributed by atoms with Crippen molar-refractivity contribution in [2.45, 2.75) is 19.3 Å². The van der Waals surface area contributed by atoms with Crippen molar-refractivity contribution in [1.29, 1.82) is 0 Å². The molecule has 7 heteroatoms. The van der Waals surface area contributed by atoms with Gasteiger partial charge >= 0.3 is 0 Å². The van der Waals surface area contributed by atoms with Gasteiger partial charge in [-0.1, -0.05) is 6.92 Å². The van der Waals surface area contributed by atoms with Gasteiger partial charge in [-0.2, -0.15) is 0 Å². The summed E-state index contributed by atoms with van der Waals surface area (Å²) in [6.45, 7) is 3.76. The lowest BCUT2D eigenvalue weighted by molar-refractivity contribution is 0.506. The molecule has 0 aliphatic rings. The molecule has 2 aromatic rings. The zero-order chi connectivity index (χ0) is 14.2. The van der Waals surface area contributed by atoms with Gasteiger partial charge in [-0.3, -0.25) is 4.99 Å². The fourth-order valence-corrected chi connectivity index (χ4v) is 2.49. The van der Waals surface area contributed by atoms with Crippen LogP contribution in [0.5, 0.6) is 0 Å². The molecule has 2 rings (SSSR count). The summed E-state index contributed by atoms with van der Waals surface area (Å²) in [5, 5.41) is 9.73. The van der Waals surface area contributed by atoms with Crippen LogP contribution in [0.2, 0.25) is 0 Å². The number of hydrogen-bond donors (Lipinski definition) is 2. The third-order valence-electron chi connectivity index (χ3n) is 2.92. The van der Waals surface area contributed by atoms with E-state index in [0.29, 0.717) is 5.92 Å². The number of thiazole rings is 1. The van der Waals surface area contributed by atoms with Crippen LogP contribution in [0, 0.1) is 0 Å². The Balaban J connectivity index is 0.00000220. The van der Waals surface area contributed by atoms with Crippen molar-refractivity contribution in [3.8, 4) is 0 Å². The Morgan fingerprint density at radius 1 is 1.48 bits per heavy atom. The molecule has 0 saturated carbocycles. The van der Waals surface area contributed by atoms with E-state index >= 15 is 0 Å². The number of aromatic nitrogens is 1. The Kier molecular flexibility index (Phi) is 8.36. The van der Waals surface area contributed by atoms with Gasteiger partial charge in [0.2, 0.25) is 0 Å². The molecule has 0 amide bonds. The van der Waals surface area contributed by atoms with Crippen LogP contribution < -0.4 is 10.6 Å². The number of guanidine groups is 1. The van der Waals surface area contributed by atoms with E-state index in [1.165, 1.54) is 0 Å². The molecule has 2 aromatic heterocycles. The van der Waals surface area contributed by atoms with Crippen LogP contribution in [-0.2, 0) is 6.42 Å². The number of nitrogens with zero attached hydrogens (tertiary/aromatic N) is 2. The van der Waals surface area contributed by atoms with Gasteiger partial charge in [0.1, 0.15) is 5.76 Å². The summed E-state index contributed by atoms with van der Waals surface area (Å²) in [7, 11) is 1.77. The molecule has 5 nitrogen and oxygen atoms in total. The number of nitrogens with one attached hydrogen (secondary N) is 2. The molecular formula is C14H21IN4OS. The highest BCUT2D eigenvalue weighted by atomic mass is 127. The Bertz CT molecular complexity index is 513. The van der Waals surface area contributed by atoms with Crippen molar-refractivity contribution < 1.29 is 4.42 Å². The average Bonchev–Trinajstić information content (AvgIpc) is 3.14. The molecule has 0 fully saturated rings. The van der Waals surface area contributed by atoms with Crippen LogP contribution in [-0.4, -0.2) is 31.1 Å². The van der Waals surface area contributed by atoms with Gasteiger partial charge in [0.15, 0.2) is 5.96 Å². The quantitative estimate of drug-likeness (QED) is 0.429. The van der Waals surface area contributed by atoms with E-state index in [-0.39, 0.29) is 24.0 Å². The topological polar surface area (TPSA) is 62.5 Å². The Morgan fingerprint density at radius 2 is 2.33 bits per heavy atom. The summed E-state index contributed by atoms with van der Waals surface area (Å²) in [6.07, 6.45) is 4.38. The first kappa shape index (κ1) is 18.0. The SMILES string of the molecule is CN=C(NCCc1ccco1)NCC(C)c1nccs1.I. The van der Waals surface area contributed by atoms with E-state index in [9.17, 15) is 0 Å². The highest BCUT2D eigenvalue weighted by Gasteiger charge is 2.08. The molecule has 1 atom stereocenters. The van der Waals surface area contributed by atoms with Gasteiger partial charge in [0.05, 0.1) is 11.3 Å². The van der Waals surface area contributed by atoms with Crippen molar-refractivity contribution >= 4 is 41.3 Å². The predicted octanol–water partition coefficient (Wildman–Crippen LogP) is 2.87. The van der Waals surface area contributed by atoms with Crippen molar-refractivity contribution in [3.05, 3.63) is 40.7 Å². The molecule has 2 N–H and O–H groups in total. The van der Waals surface area contributed by atoms with Crippen molar-refractivity contribution in [1.82, 2.24) is 15.6 Å². The first-order valence-corrected chi connectivity index (χ1v) is 7.54. The zero-order valence-corrected chi connectivity index (χ0v) is 15.4. The molecule has 2 heterocycles. The molecule has 116 valence electrons. The maximum Gasteiger partial charge on any atom is 0.191 e. The molecule has 0 spiro atoms. The van der Waals surface area contributed by atoms with Gasteiger partial charge in [-0.15, -0.1) is 35.3 Å². The molecule has 0 aliphatic carbocycles. The number of aliphatic imine (C=N–C) groups is 1.